The van der Waals surface area contributed by atoms with Crippen LogP contribution in [0.3, 0.4) is 0 Å². The number of carbonyl (C=O) groups is 2. The summed E-state index contributed by atoms with van der Waals surface area (Å²) in [5.41, 5.74) is 5.39. The van der Waals surface area contributed by atoms with Crippen molar-refractivity contribution in [3.05, 3.63) is 57.6 Å². The molecule has 4 N–H and O–H groups in total. The molecule has 6 nitrogen and oxygen atoms in total. The van der Waals surface area contributed by atoms with Gasteiger partial charge in [0, 0.05) is 24.9 Å². The van der Waals surface area contributed by atoms with Crippen LogP contribution in [-0.2, 0) is 22.4 Å². The molecule has 0 aromatic heterocycles. The Balaban J connectivity index is 1.79. The lowest BCUT2D eigenvalue weighted by Gasteiger charge is -2.19. The van der Waals surface area contributed by atoms with Gasteiger partial charge < -0.3 is 20.8 Å². The van der Waals surface area contributed by atoms with Crippen LogP contribution in [-0.4, -0.2) is 35.1 Å². The standard InChI is InChI=1S/C26H36N2O4/c1-15-11-21(12-16(2)23(15)29)7-9-27-25(31)19(5)20(6)26(32)28-10-8-22-13-17(3)24(30)18(4)14-22/h11-14,19-20,29-30H,7-10H2,1-6H3,(H,27,31)(H,28,32). The first-order valence-electron chi connectivity index (χ1n) is 11.1. The van der Waals surface area contributed by atoms with E-state index in [1.54, 1.807) is 13.8 Å². The SMILES string of the molecule is Cc1cc(CCNC(=O)C(C)C(C)C(=O)NCCc2cc(C)c(O)c(C)c2)cc(C)c1O. The molecule has 0 saturated heterocycles. The summed E-state index contributed by atoms with van der Waals surface area (Å²) < 4.78 is 0. The molecule has 0 radical (unpaired) electrons. The van der Waals surface area contributed by atoms with Gasteiger partial charge in [-0.25, -0.2) is 0 Å². The van der Waals surface area contributed by atoms with Gasteiger partial charge in [-0.05, 0) is 73.9 Å². The van der Waals surface area contributed by atoms with E-state index in [0.29, 0.717) is 37.4 Å². The molecule has 2 unspecified atom stereocenters. The second-order valence-electron chi connectivity index (χ2n) is 8.82. The Morgan fingerprint density at radius 2 is 0.969 bits per heavy atom. The topological polar surface area (TPSA) is 98.7 Å². The number of phenols is 2. The second kappa shape index (κ2) is 11.0. The van der Waals surface area contributed by atoms with E-state index in [1.165, 1.54) is 0 Å². The normalized spacial score (nSPS) is 12.8. The third kappa shape index (κ3) is 6.49. The van der Waals surface area contributed by atoms with Crippen LogP contribution in [0.4, 0.5) is 0 Å². The van der Waals surface area contributed by atoms with Crippen molar-refractivity contribution in [3.63, 3.8) is 0 Å². The summed E-state index contributed by atoms with van der Waals surface area (Å²) in [5.74, 6) is -0.578. The van der Waals surface area contributed by atoms with Gasteiger partial charge in [0.05, 0.1) is 0 Å². The minimum absolute atomic E-state index is 0.148. The van der Waals surface area contributed by atoms with E-state index < -0.39 is 11.8 Å². The zero-order valence-corrected chi connectivity index (χ0v) is 20.0. The molecule has 2 rings (SSSR count). The number of benzene rings is 2. The number of rotatable bonds is 9. The van der Waals surface area contributed by atoms with Crippen molar-refractivity contribution < 1.29 is 19.8 Å². The largest absolute Gasteiger partial charge is 0.507 e. The summed E-state index contributed by atoms with van der Waals surface area (Å²) in [6.45, 7) is 11.9. The summed E-state index contributed by atoms with van der Waals surface area (Å²) in [6, 6.07) is 7.69. The van der Waals surface area contributed by atoms with E-state index in [0.717, 1.165) is 33.4 Å². The quantitative estimate of drug-likeness (QED) is 0.479. The maximum atomic E-state index is 12.5. The van der Waals surface area contributed by atoms with Gasteiger partial charge in [-0.1, -0.05) is 38.1 Å². The van der Waals surface area contributed by atoms with Gasteiger partial charge in [-0.15, -0.1) is 0 Å². The maximum absolute atomic E-state index is 12.5. The lowest BCUT2D eigenvalue weighted by atomic mass is 9.94. The molecule has 0 aliphatic rings. The predicted octanol–water partition coefficient (Wildman–Crippen LogP) is 3.62. The Morgan fingerprint density at radius 3 is 1.25 bits per heavy atom. The molecular formula is C26H36N2O4. The zero-order chi connectivity index (χ0) is 24.0. The van der Waals surface area contributed by atoms with Crippen LogP contribution in [0.25, 0.3) is 0 Å². The molecule has 0 saturated carbocycles. The number of aryl methyl sites for hydroxylation is 4. The molecule has 0 aliphatic heterocycles. The molecule has 0 fully saturated rings. The lowest BCUT2D eigenvalue weighted by molar-refractivity contribution is -0.133. The van der Waals surface area contributed by atoms with E-state index in [4.69, 9.17) is 0 Å². The molecule has 2 aromatic rings. The highest BCUT2D eigenvalue weighted by Crippen LogP contribution is 2.24. The van der Waals surface area contributed by atoms with Crippen molar-refractivity contribution in [2.45, 2.75) is 54.4 Å². The Bertz CT molecular complexity index is 858. The smallest absolute Gasteiger partial charge is 0.223 e. The van der Waals surface area contributed by atoms with Crippen LogP contribution in [0.15, 0.2) is 24.3 Å². The Labute approximate surface area is 191 Å². The molecule has 32 heavy (non-hydrogen) atoms. The van der Waals surface area contributed by atoms with Gasteiger partial charge in [-0.2, -0.15) is 0 Å². The van der Waals surface area contributed by atoms with Gasteiger partial charge >= 0.3 is 0 Å². The average molecular weight is 441 g/mol. The van der Waals surface area contributed by atoms with Crippen LogP contribution >= 0.6 is 0 Å². The van der Waals surface area contributed by atoms with Gasteiger partial charge in [0.25, 0.3) is 0 Å². The van der Waals surface area contributed by atoms with Crippen molar-refractivity contribution in [2.24, 2.45) is 11.8 Å². The van der Waals surface area contributed by atoms with Crippen molar-refractivity contribution in [1.29, 1.82) is 0 Å². The highest BCUT2D eigenvalue weighted by Gasteiger charge is 2.25. The average Bonchev–Trinajstić information content (AvgIpc) is 2.74. The first-order chi connectivity index (χ1) is 15.0. The number of aromatic hydroxyl groups is 2. The Hall–Kier alpha value is -3.02. The predicted molar refractivity (Wildman–Crippen MR) is 127 cm³/mol. The number of hydrogen-bond acceptors (Lipinski definition) is 4. The van der Waals surface area contributed by atoms with Crippen molar-refractivity contribution >= 4 is 11.8 Å². The summed E-state index contributed by atoms with van der Waals surface area (Å²) in [4.78, 5) is 25.0. The third-order valence-corrected chi connectivity index (χ3v) is 6.10. The van der Waals surface area contributed by atoms with Gasteiger partial charge in [-0.3, -0.25) is 9.59 Å². The van der Waals surface area contributed by atoms with Crippen LogP contribution in [0.2, 0.25) is 0 Å². The van der Waals surface area contributed by atoms with Gasteiger partial charge in [0.2, 0.25) is 11.8 Å². The molecule has 0 spiro atoms. The van der Waals surface area contributed by atoms with Crippen LogP contribution in [0.5, 0.6) is 11.5 Å². The molecule has 2 amide bonds. The van der Waals surface area contributed by atoms with E-state index >= 15 is 0 Å². The molecule has 2 atom stereocenters. The zero-order valence-electron chi connectivity index (χ0n) is 20.0. The van der Waals surface area contributed by atoms with Crippen molar-refractivity contribution in [3.8, 4) is 11.5 Å². The number of phenolic OH excluding ortho intramolecular Hbond substituents is 2. The summed E-state index contributed by atoms with van der Waals surface area (Å²) in [5, 5.41) is 25.6. The van der Waals surface area contributed by atoms with Crippen LogP contribution < -0.4 is 10.6 Å². The second-order valence-corrected chi connectivity index (χ2v) is 8.82. The minimum atomic E-state index is -0.448. The Kier molecular flexibility index (Phi) is 8.70. The first-order valence-corrected chi connectivity index (χ1v) is 11.1. The fourth-order valence-corrected chi connectivity index (χ4v) is 3.82. The summed E-state index contributed by atoms with van der Waals surface area (Å²) >= 11 is 0. The van der Waals surface area contributed by atoms with Crippen LogP contribution in [0, 0.1) is 39.5 Å². The third-order valence-electron chi connectivity index (χ3n) is 6.10. The van der Waals surface area contributed by atoms with E-state index in [9.17, 15) is 19.8 Å². The minimum Gasteiger partial charge on any atom is -0.507 e. The van der Waals surface area contributed by atoms with Crippen LogP contribution in [0.1, 0.15) is 47.2 Å². The van der Waals surface area contributed by atoms with E-state index in [-0.39, 0.29) is 11.8 Å². The van der Waals surface area contributed by atoms with E-state index in [1.807, 2.05) is 52.0 Å². The highest BCUT2D eigenvalue weighted by atomic mass is 16.3. The fraction of sp³-hybridized carbons (Fsp3) is 0.462. The van der Waals surface area contributed by atoms with Crippen molar-refractivity contribution in [2.75, 3.05) is 13.1 Å². The van der Waals surface area contributed by atoms with Crippen molar-refractivity contribution in [1.82, 2.24) is 10.6 Å². The molecule has 0 aliphatic carbocycles. The number of nitrogens with one attached hydrogen (secondary N) is 2. The summed E-state index contributed by atoms with van der Waals surface area (Å²) in [7, 11) is 0. The monoisotopic (exact) mass is 440 g/mol. The number of amides is 2. The molecule has 6 heteroatoms. The molecular weight excluding hydrogens is 404 g/mol. The molecule has 0 bridgehead atoms. The number of hydrogen-bond donors (Lipinski definition) is 4. The Morgan fingerprint density at radius 1 is 0.688 bits per heavy atom. The molecule has 174 valence electrons. The lowest BCUT2D eigenvalue weighted by Crippen LogP contribution is -2.40. The highest BCUT2D eigenvalue weighted by molar-refractivity contribution is 5.87. The molecule has 0 heterocycles. The summed E-state index contributed by atoms with van der Waals surface area (Å²) in [6.07, 6.45) is 1.32. The van der Waals surface area contributed by atoms with Gasteiger partial charge in [0.1, 0.15) is 11.5 Å². The molecule has 2 aromatic carbocycles. The maximum Gasteiger partial charge on any atom is 0.223 e. The first kappa shape index (κ1) is 25.2. The van der Waals surface area contributed by atoms with Gasteiger partial charge in [0.15, 0.2) is 0 Å². The number of carbonyl (C=O) groups excluding carboxylic acids is 2. The fourth-order valence-electron chi connectivity index (χ4n) is 3.82. The van der Waals surface area contributed by atoms with E-state index in [2.05, 4.69) is 10.6 Å².